The van der Waals surface area contributed by atoms with Crippen LogP contribution in [0, 0.1) is 12.3 Å². The highest BCUT2D eigenvalue weighted by Gasteiger charge is 2.30. The minimum Gasteiger partial charge on any atom is -0.480 e. The molecule has 1 aliphatic rings. The average molecular weight is 447 g/mol. The van der Waals surface area contributed by atoms with Crippen molar-refractivity contribution in [2.45, 2.75) is 37.3 Å². The molecule has 1 aliphatic carbocycles. The molecule has 0 aromatic heterocycles. The number of fused-ring (bicyclic) bond motifs is 3. The van der Waals surface area contributed by atoms with Gasteiger partial charge in [0, 0.05) is 12.3 Å². The average Bonchev–Trinajstić information content (AvgIpc) is 3.13. The summed E-state index contributed by atoms with van der Waals surface area (Å²) in [5, 5.41) is 14.2. The Morgan fingerprint density at radius 1 is 1.06 bits per heavy atom. The van der Waals surface area contributed by atoms with Crippen LogP contribution in [-0.2, 0) is 14.3 Å². The van der Waals surface area contributed by atoms with Crippen LogP contribution in [0.3, 0.4) is 0 Å². The molecule has 0 aliphatic heterocycles. The standard InChI is InChI=1S/C26H26N2O5/c1-3-5-15-23(25(30)31)27-24(29)22(10-4-2)28-26(32)33-16-21-19-13-8-6-11-17(19)18-12-7-9-14-20(18)21/h2-3,6-9,11-14,21-23H,1,5,10,15-16H2,(H,27,29)(H,28,32)(H,30,31). The fraction of sp³-hybridized carbons (Fsp3) is 0.269. The molecule has 0 radical (unpaired) electrons. The Labute approximate surface area is 192 Å². The summed E-state index contributed by atoms with van der Waals surface area (Å²) < 4.78 is 5.46. The van der Waals surface area contributed by atoms with Gasteiger partial charge < -0.3 is 20.5 Å². The molecule has 0 saturated heterocycles. The smallest absolute Gasteiger partial charge is 0.407 e. The van der Waals surface area contributed by atoms with Crippen LogP contribution >= 0.6 is 0 Å². The minimum atomic E-state index is -1.18. The number of amides is 2. The van der Waals surface area contributed by atoms with Crippen LogP contribution in [-0.4, -0.2) is 41.8 Å². The number of carbonyl (C=O) groups excluding carboxylic acids is 2. The number of benzene rings is 2. The van der Waals surface area contributed by atoms with E-state index < -0.39 is 30.1 Å². The summed E-state index contributed by atoms with van der Waals surface area (Å²) in [4.78, 5) is 36.5. The van der Waals surface area contributed by atoms with E-state index in [1.54, 1.807) is 6.08 Å². The number of carbonyl (C=O) groups is 3. The molecule has 0 saturated carbocycles. The predicted octanol–water partition coefficient (Wildman–Crippen LogP) is 3.45. The van der Waals surface area contributed by atoms with E-state index in [1.807, 2.05) is 48.5 Å². The Hall–Kier alpha value is -4.05. The van der Waals surface area contributed by atoms with Crippen LogP contribution in [0.1, 0.15) is 36.3 Å². The number of nitrogens with one attached hydrogen (secondary N) is 2. The molecule has 3 N–H and O–H groups in total. The van der Waals surface area contributed by atoms with E-state index in [2.05, 4.69) is 23.1 Å². The van der Waals surface area contributed by atoms with Crippen molar-refractivity contribution in [2.75, 3.05) is 6.61 Å². The molecule has 2 amide bonds. The molecule has 0 heterocycles. The first-order chi connectivity index (χ1) is 16.0. The van der Waals surface area contributed by atoms with E-state index in [9.17, 15) is 19.5 Å². The van der Waals surface area contributed by atoms with Gasteiger partial charge in [0.15, 0.2) is 0 Å². The van der Waals surface area contributed by atoms with Crippen molar-refractivity contribution in [1.29, 1.82) is 0 Å². The zero-order valence-corrected chi connectivity index (χ0v) is 18.1. The molecule has 2 atom stereocenters. The SMILES string of the molecule is C#CCC(NC(=O)OCC1c2ccccc2-c2ccccc21)C(=O)NC(CCC=C)C(=O)O. The first kappa shape index (κ1) is 23.6. The van der Waals surface area contributed by atoms with Crippen molar-refractivity contribution < 1.29 is 24.2 Å². The first-order valence-electron chi connectivity index (χ1n) is 10.6. The van der Waals surface area contributed by atoms with Gasteiger partial charge in [-0.2, -0.15) is 0 Å². The topological polar surface area (TPSA) is 105 Å². The highest BCUT2D eigenvalue weighted by atomic mass is 16.5. The van der Waals surface area contributed by atoms with E-state index in [4.69, 9.17) is 11.2 Å². The van der Waals surface area contributed by atoms with Gasteiger partial charge in [-0.1, -0.05) is 54.6 Å². The third kappa shape index (κ3) is 5.60. The molecular weight excluding hydrogens is 420 g/mol. The summed E-state index contributed by atoms with van der Waals surface area (Å²) in [5.74, 6) is 0.344. The molecule has 2 unspecified atom stereocenters. The second-order valence-corrected chi connectivity index (χ2v) is 7.70. The highest BCUT2D eigenvalue weighted by molar-refractivity contribution is 5.89. The molecular formula is C26H26N2O5. The fourth-order valence-electron chi connectivity index (χ4n) is 3.92. The van der Waals surface area contributed by atoms with Crippen LogP contribution < -0.4 is 10.6 Å². The van der Waals surface area contributed by atoms with Crippen LogP contribution in [0.15, 0.2) is 61.2 Å². The zero-order chi connectivity index (χ0) is 23.8. The maximum atomic E-state index is 12.6. The van der Waals surface area contributed by atoms with Gasteiger partial charge in [0.2, 0.25) is 5.91 Å². The first-order valence-corrected chi connectivity index (χ1v) is 10.6. The Balaban J connectivity index is 1.64. The lowest BCUT2D eigenvalue weighted by Crippen LogP contribution is -2.51. The van der Waals surface area contributed by atoms with Crippen LogP contribution in [0.4, 0.5) is 4.79 Å². The molecule has 33 heavy (non-hydrogen) atoms. The second kappa shape index (κ2) is 11.0. The van der Waals surface area contributed by atoms with Crippen molar-refractivity contribution in [3.05, 3.63) is 72.3 Å². The molecule has 2 aromatic carbocycles. The number of alkyl carbamates (subject to hydrolysis) is 1. The number of ether oxygens (including phenoxy) is 1. The van der Waals surface area contributed by atoms with Crippen molar-refractivity contribution in [3.8, 4) is 23.5 Å². The molecule has 170 valence electrons. The summed E-state index contributed by atoms with van der Waals surface area (Å²) in [6, 6.07) is 13.7. The molecule has 3 rings (SSSR count). The largest absolute Gasteiger partial charge is 0.480 e. The van der Waals surface area contributed by atoms with Gasteiger partial charge >= 0.3 is 12.1 Å². The number of carboxylic acids is 1. The van der Waals surface area contributed by atoms with Gasteiger partial charge in [-0.25, -0.2) is 9.59 Å². The Kier molecular flexibility index (Phi) is 7.87. The molecule has 0 bridgehead atoms. The number of allylic oxidation sites excluding steroid dienone is 1. The van der Waals surface area contributed by atoms with Crippen LogP contribution in [0.5, 0.6) is 0 Å². The third-order valence-corrected chi connectivity index (χ3v) is 5.55. The number of hydrogen-bond acceptors (Lipinski definition) is 4. The maximum Gasteiger partial charge on any atom is 0.407 e. The number of carboxylic acid groups (broad SMARTS) is 1. The third-order valence-electron chi connectivity index (χ3n) is 5.55. The van der Waals surface area contributed by atoms with Crippen molar-refractivity contribution in [2.24, 2.45) is 0 Å². The van der Waals surface area contributed by atoms with Crippen molar-refractivity contribution >= 4 is 18.0 Å². The number of rotatable bonds is 10. The van der Waals surface area contributed by atoms with Crippen molar-refractivity contribution in [3.63, 3.8) is 0 Å². The summed E-state index contributed by atoms with van der Waals surface area (Å²) in [6.07, 6.45) is 6.59. The summed E-state index contributed by atoms with van der Waals surface area (Å²) in [5.41, 5.74) is 4.34. The molecule has 2 aromatic rings. The highest BCUT2D eigenvalue weighted by Crippen LogP contribution is 2.44. The molecule has 7 heteroatoms. The molecule has 0 spiro atoms. The van der Waals surface area contributed by atoms with Gasteiger partial charge in [-0.05, 0) is 35.1 Å². The van der Waals surface area contributed by atoms with Gasteiger partial charge in [0.1, 0.15) is 18.7 Å². The van der Waals surface area contributed by atoms with Gasteiger partial charge in [-0.15, -0.1) is 18.9 Å². The Morgan fingerprint density at radius 3 is 2.21 bits per heavy atom. The zero-order valence-electron chi connectivity index (χ0n) is 18.1. The lowest BCUT2D eigenvalue weighted by molar-refractivity contribution is -0.142. The summed E-state index contributed by atoms with van der Waals surface area (Å²) in [7, 11) is 0. The van der Waals surface area contributed by atoms with E-state index in [-0.39, 0.29) is 25.4 Å². The number of aliphatic carboxylic acids is 1. The quantitative estimate of drug-likeness (QED) is 0.383. The number of hydrogen-bond donors (Lipinski definition) is 3. The van der Waals surface area contributed by atoms with Crippen molar-refractivity contribution in [1.82, 2.24) is 10.6 Å². The lowest BCUT2D eigenvalue weighted by Gasteiger charge is -2.20. The maximum absolute atomic E-state index is 12.6. The minimum absolute atomic E-state index is 0.0847. The normalized spacial score (nSPS) is 13.5. The number of terminal acetylenes is 1. The van der Waals surface area contributed by atoms with E-state index in [0.29, 0.717) is 6.42 Å². The Bertz CT molecular complexity index is 1040. The predicted molar refractivity (Wildman–Crippen MR) is 124 cm³/mol. The van der Waals surface area contributed by atoms with E-state index in [0.717, 1.165) is 22.3 Å². The van der Waals surface area contributed by atoms with Crippen LogP contribution in [0.2, 0.25) is 0 Å². The monoisotopic (exact) mass is 446 g/mol. The summed E-state index contributed by atoms with van der Waals surface area (Å²) >= 11 is 0. The molecule has 0 fully saturated rings. The van der Waals surface area contributed by atoms with Gasteiger partial charge in [0.05, 0.1) is 0 Å². The van der Waals surface area contributed by atoms with Gasteiger partial charge in [-0.3, -0.25) is 4.79 Å². The fourth-order valence-corrected chi connectivity index (χ4v) is 3.92. The molecule has 7 nitrogen and oxygen atoms in total. The Morgan fingerprint density at radius 2 is 1.67 bits per heavy atom. The second-order valence-electron chi connectivity index (χ2n) is 7.70. The lowest BCUT2D eigenvalue weighted by atomic mass is 9.98. The van der Waals surface area contributed by atoms with E-state index in [1.165, 1.54) is 0 Å². The summed E-state index contributed by atoms with van der Waals surface area (Å²) in [6.45, 7) is 3.64. The van der Waals surface area contributed by atoms with Gasteiger partial charge in [0.25, 0.3) is 0 Å². The van der Waals surface area contributed by atoms with Crippen LogP contribution in [0.25, 0.3) is 11.1 Å². The van der Waals surface area contributed by atoms with E-state index >= 15 is 0 Å².